The number of hydrogen-bond acceptors (Lipinski definition) is 0. The quantitative estimate of drug-likeness (QED) is 0.341. The molecule has 0 aromatic heterocycles. The standard InChI is InChI=1S/C21H34P2Si2/c1-24(2,3)22(20-14-9-7-10-15-20)18-13-19-23(25(4,5)6)21-16-11-8-12-17-21/h7-12,14-17H,13,18-19H2,1-6H3. The molecule has 2 aromatic rings. The molecule has 0 heterocycles. The summed E-state index contributed by atoms with van der Waals surface area (Å²) in [6, 6.07) is 22.7. The molecule has 0 aliphatic rings. The molecule has 0 fully saturated rings. The Bertz CT molecular complexity index is 573. The molecule has 0 nitrogen and oxygen atoms in total. The highest BCUT2D eigenvalue weighted by atomic mass is 31.4. The van der Waals surface area contributed by atoms with Crippen molar-refractivity contribution in [2.75, 3.05) is 12.3 Å². The molecule has 0 saturated carbocycles. The summed E-state index contributed by atoms with van der Waals surface area (Å²) in [5.74, 6) is 0. The third-order valence-corrected chi connectivity index (χ3v) is 23.7. The van der Waals surface area contributed by atoms with Crippen molar-refractivity contribution in [1.82, 2.24) is 0 Å². The Morgan fingerprint density at radius 2 is 0.880 bits per heavy atom. The highest BCUT2D eigenvalue weighted by Gasteiger charge is 2.30. The zero-order chi connectivity index (χ0) is 18.5. The molecule has 0 aliphatic carbocycles. The van der Waals surface area contributed by atoms with Gasteiger partial charge in [0, 0.05) is 0 Å². The second-order valence-electron chi connectivity index (χ2n) is 8.67. The summed E-state index contributed by atoms with van der Waals surface area (Å²) < 4.78 is 0. The minimum atomic E-state index is -1.14. The van der Waals surface area contributed by atoms with Crippen molar-refractivity contribution in [2.24, 2.45) is 0 Å². The van der Waals surface area contributed by atoms with E-state index in [1.54, 1.807) is 10.6 Å². The maximum atomic E-state index is 2.56. The Morgan fingerprint density at radius 3 is 1.16 bits per heavy atom. The van der Waals surface area contributed by atoms with Gasteiger partial charge in [-0.15, -0.1) is 0 Å². The van der Waals surface area contributed by atoms with E-state index in [1.165, 1.54) is 18.7 Å². The van der Waals surface area contributed by atoms with Crippen LogP contribution in [-0.2, 0) is 0 Å². The molecule has 0 N–H and O–H groups in total. The maximum absolute atomic E-state index is 2.56. The lowest BCUT2D eigenvalue weighted by Crippen LogP contribution is -2.28. The molecule has 0 amide bonds. The Morgan fingerprint density at radius 1 is 0.560 bits per heavy atom. The predicted molar refractivity (Wildman–Crippen MR) is 127 cm³/mol. The van der Waals surface area contributed by atoms with Crippen molar-refractivity contribution < 1.29 is 0 Å². The normalized spacial score (nSPS) is 15.0. The van der Waals surface area contributed by atoms with E-state index >= 15 is 0 Å². The lowest BCUT2D eigenvalue weighted by molar-refractivity contribution is 1.11. The Kier molecular flexibility index (Phi) is 7.65. The number of rotatable bonds is 8. The minimum Gasteiger partial charge on any atom is -0.0882 e. The van der Waals surface area contributed by atoms with Crippen LogP contribution in [0.2, 0.25) is 39.3 Å². The summed E-state index contributed by atoms with van der Waals surface area (Å²) in [7, 11) is -2.22. The zero-order valence-corrected chi connectivity index (χ0v) is 20.6. The lowest BCUT2D eigenvalue weighted by Gasteiger charge is -2.33. The smallest absolute Gasteiger partial charge is 0.0773 e. The van der Waals surface area contributed by atoms with Crippen LogP contribution in [0, 0.1) is 0 Å². The molecular weight excluding hydrogens is 370 g/mol. The Labute approximate surface area is 159 Å². The van der Waals surface area contributed by atoms with Gasteiger partial charge >= 0.3 is 0 Å². The molecule has 2 aromatic carbocycles. The largest absolute Gasteiger partial charge is 0.0882 e. The van der Waals surface area contributed by atoms with Crippen LogP contribution in [0.15, 0.2) is 60.7 Å². The first kappa shape index (κ1) is 21.0. The molecule has 0 spiro atoms. The molecule has 2 rings (SSSR count). The summed E-state index contributed by atoms with van der Waals surface area (Å²) >= 11 is 0. The van der Waals surface area contributed by atoms with E-state index in [2.05, 4.69) is 99.9 Å². The van der Waals surface area contributed by atoms with Crippen molar-refractivity contribution in [1.29, 1.82) is 0 Å². The molecule has 0 aliphatic heterocycles. The SMILES string of the molecule is C[Si](C)(C)P(CCCP(c1ccccc1)[Si](C)(C)C)c1ccccc1. The summed E-state index contributed by atoms with van der Waals surface area (Å²) in [4.78, 5) is 0. The first-order chi connectivity index (χ1) is 11.7. The Hall–Kier alpha value is -0.266. The second-order valence-corrected chi connectivity index (χ2v) is 32.3. The van der Waals surface area contributed by atoms with Crippen LogP contribution < -0.4 is 10.6 Å². The lowest BCUT2D eigenvalue weighted by atomic mass is 10.4. The van der Waals surface area contributed by atoms with Gasteiger partial charge in [0.15, 0.2) is 0 Å². The van der Waals surface area contributed by atoms with E-state index in [1.807, 2.05) is 0 Å². The van der Waals surface area contributed by atoms with E-state index in [-0.39, 0.29) is 14.9 Å². The number of hydrogen-bond donors (Lipinski definition) is 0. The second kappa shape index (κ2) is 9.09. The fourth-order valence-corrected chi connectivity index (χ4v) is 19.5. The van der Waals surface area contributed by atoms with E-state index < -0.39 is 15.5 Å². The number of benzene rings is 2. The highest BCUT2D eigenvalue weighted by Crippen LogP contribution is 2.50. The van der Waals surface area contributed by atoms with E-state index in [9.17, 15) is 0 Å². The van der Waals surface area contributed by atoms with Gasteiger partial charge in [-0.1, -0.05) is 115 Å². The van der Waals surface area contributed by atoms with E-state index in [0.29, 0.717) is 0 Å². The summed E-state index contributed by atoms with van der Waals surface area (Å²) in [5.41, 5.74) is 0. The topological polar surface area (TPSA) is 0 Å². The van der Waals surface area contributed by atoms with E-state index in [0.717, 1.165) is 0 Å². The maximum Gasteiger partial charge on any atom is 0.0773 e. The van der Waals surface area contributed by atoms with Crippen LogP contribution in [-0.4, -0.2) is 27.8 Å². The molecule has 4 heteroatoms. The summed E-state index contributed by atoms with van der Waals surface area (Å²) in [6.45, 7) is 15.4. The monoisotopic (exact) mass is 404 g/mol. The molecule has 2 atom stereocenters. The third kappa shape index (κ3) is 6.44. The van der Waals surface area contributed by atoms with Gasteiger partial charge < -0.3 is 0 Å². The van der Waals surface area contributed by atoms with Gasteiger partial charge in [-0.2, -0.15) is 0 Å². The van der Waals surface area contributed by atoms with Crippen LogP contribution in [0.3, 0.4) is 0 Å². The average Bonchev–Trinajstić information content (AvgIpc) is 2.54. The van der Waals surface area contributed by atoms with Gasteiger partial charge in [0.1, 0.15) is 0 Å². The van der Waals surface area contributed by atoms with Gasteiger partial charge in [-0.25, -0.2) is 0 Å². The van der Waals surface area contributed by atoms with Gasteiger partial charge in [-0.3, -0.25) is 0 Å². The highest BCUT2D eigenvalue weighted by molar-refractivity contribution is 8.00. The Balaban J connectivity index is 2.09. The van der Waals surface area contributed by atoms with Crippen molar-refractivity contribution in [3.63, 3.8) is 0 Å². The van der Waals surface area contributed by atoms with Gasteiger partial charge in [0.25, 0.3) is 0 Å². The fraction of sp³-hybridized carbons (Fsp3) is 0.429. The zero-order valence-electron chi connectivity index (χ0n) is 16.8. The molecule has 0 saturated heterocycles. The van der Waals surface area contributed by atoms with Crippen LogP contribution in [0.25, 0.3) is 0 Å². The molecule has 2 unspecified atom stereocenters. The summed E-state index contributed by atoms with van der Waals surface area (Å²) in [5, 5.41) is 3.27. The molecule has 25 heavy (non-hydrogen) atoms. The van der Waals surface area contributed by atoms with E-state index in [4.69, 9.17) is 0 Å². The van der Waals surface area contributed by atoms with Gasteiger partial charge in [-0.05, 0) is 29.4 Å². The average molecular weight is 405 g/mol. The van der Waals surface area contributed by atoms with Crippen molar-refractivity contribution in [2.45, 2.75) is 45.7 Å². The first-order valence-corrected chi connectivity index (χ1v) is 21.1. The van der Waals surface area contributed by atoms with Crippen LogP contribution in [0.1, 0.15) is 6.42 Å². The van der Waals surface area contributed by atoms with Gasteiger partial charge in [0.05, 0.1) is 15.5 Å². The van der Waals surface area contributed by atoms with Crippen LogP contribution in [0.5, 0.6) is 0 Å². The third-order valence-electron chi connectivity index (χ3n) is 4.52. The first-order valence-electron chi connectivity index (χ1n) is 9.35. The van der Waals surface area contributed by atoms with Crippen molar-refractivity contribution >= 4 is 41.0 Å². The van der Waals surface area contributed by atoms with Crippen LogP contribution >= 0.6 is 14.9 Å². The molecule has 0 radical (unpaired) electrons. The molecular formula is C21H34P2Si2. The predicted octanol–water partition coefficient (Wildman–Crippen LogP) is 6.66. The van der Waals surface area contributed by atoms with Crippen molar-refractivity contribution in [3.8, 4) is 0 Å². The van der Waals surface area contributed by atoms with Gasteiger partial charge in [0.2, 0.25) is 0 Å². The summed E-state index contributed by atoms with van der Waals surface area (Å²) in [6.07, 6.45) is 4.24. The van der Waals surface area contributed by atoms with Crippen molar-refractivity contribution in [3.05, 3.63) is 60.7 Å². The fourth-order valence-electron chi connectivity index (χ4n) is 3.31. The van der Waals surface area contributed by atoms with Crippen LogP contribution in [0.4, 0.5) is 0 Å². The minimum absolute atomic E-state index is 0.0325. The molecule has 136 valence electrons. The molecule has 0 bridgehead atoms.